The van der Waals surface area contributed by atoms with Crippen molar-refractivity contribution in [3.63, 3.8) is 0 Å². The molecule has 0 bridgehead atoms. The number of ether oxygens (including phenoxy) is 1. The number of rotatable bonds is 7. The number of carbonyl (C=O) groups excluding carboxylic acids is 1. The highest BCUT2D eigenvalue weighted by atomic mass is 16.6. The van der Waals surface area contributed by atoms with Gasteiger partial charge in [0.15, 0.2) is 5.78 Å². The number of ketones is 1. The quantitative estimate of drug-likeness (QED) is 0.331. The molecule has 0 atom stereocenters. The predicted molar refractivity (Wildman–Crippen MR) is 88.7 cm³/mol. The summed E-state index contributed by atoms with van der Waals surface area (Å²) in [7, 11) is 0. The molecule has 0 aliphatic rings. The fraction of sp³-hybridized carbons (Fsp3) is 0.167. The molecule has 0 fully saturated rings. The lowest BCUT2D eigenvalue weighted by molar-refractivity contribution is -0.385. The van der Waals surface area contributed by atoms with E-state index in [1.807, 2.05) is 6.92 Å². The van der Waals surface area contributed by atoms with E-state index in [1.54, 1.807) is 42.5 Å². The molecule has 0 radical (unpaired) electrons. The maximum atomic E-state index is 12.1. The first kappa shape index (κ1) is 16.4. The van der Waals surface area contributed by atoms with Crippen molar-refractivity contribution in [2.24, 2.45) is 0 Å². The second-order valence-electron chi connectivity index (χ2n) is 4.89. The Balaban J connectivity index is 2.11. The van der Waals surface area contributed by atoms with Crippen molar-refractivity contribution in [1.29, 1.82) is 0 Å². The van der Waals surface area contributed by atoms with E-state index in [0.717, 1.165) is 6.42 Å². The molecule has 2 aromatic rings. The molecule has 2 rings (SSSR count). The van der Waals surface area contributed by atoms with Gasteiger partial charge in [-0.15, -0.1) is 0 Å². The first-order chi connectivity index (χ1) is 11.1. The van der Waals surface area contributed by atoms with E-state index in [1.165, 1.54) is 18.2 Å². The van der Waals surface area contributed by atoms with Crippen molar-refractivity contribution in [3.05, 3.63) is 75.8 Å². The SMILES string of the molecule is CCCOc1ccc(C(=O)/C=C/c2ccccc2[N+](=O)[O-])cc1. The van der Waals surface area contributed by atoms with Crippen molar-refractivity contribution in [3.8, 4) is 5.75 Å². The molecule has 0 aromatic heterocycles. The monoisotopic (exact) mass is 311 g/mol. The van der Waals surface area contributed by atoms with Crippen LogP contribution in [0.2, 0.25) is 0 Å². The summed E-state index contributed by atoms with van der Waals surface area (Å²) < 4.78 is 5.46. The first-order valence-corrected chi connectivity index (χ1v) is 7.30. The lowest BCUT2D eigenvalue weighted by Crippen LogP contribution is -1.97. The van der Waals surface area contributed by atoms with Crippen LogP contribution in [0.1, 0.15) is 29.3 Å². The van der Waals surface area contributed by atoms with Gasteiger partial charge in [0.05, 0.1) is 17.1 Å². The summed E-state index contributed by atoms with van der Waals surface area (Å²) in [6, 6.07) is 13.1. The molecule has 5 nitrogen and oxygen atoms in total. The molecule has 0 unspecified atom stereocenters. The second kappa shape index (κ2) is 7.89. The van der Waals surface area contributed by atoms with Crippen LogP contribution in [-0.2, 0) is 0 Å². The number of nitrogens with zero attached hydrogens (tertiary/aromatic N) is 1. The zero-order valence-electron chi connectivity index (χ0n) is 12.8. The highest BCUT2D eigenvalue weighted by Crippen LogP contribution is 2.19. The van der Waals surface area contributed by atoms with Crippen LogP contribution < -0.4 is 4.74 Å². The lowest BCUT2D eigenvalue weighted by Gasteiger charge is -2.04. The number of hydrogen-bond donors (Lipinski definition) is 0. The second-order valence-corrected chi connectivity index (χ2v) is 4.89. The molecule has 0 aliphatic heterocycles. The molecule has 0 heterocycles. The van der Waals surface area contributed by atoms with Crippen molar-refractivity contribution in [2.75, 3.05) is 6.61 Å². The van der Waals surface area contributed by atoms with E-state index in [9.17, 15) is 14.9 Å². The Bertz CT molecular complexity index is 720. The van der Waals surface area contributed by atoms with Crippen molar-refractivity contribution < 1.29 is 14.5 Å². The van der Waals surface area contributed by atoms with Crippen LogP contribution in [0.4, 0.5) is 5.69 Å². The summed E-state index contributed by atoms with van der Waals surface area (Å²) in [5, 5.41) is 10.9. The normalized spacial score (nSPS) is 10.7. The molecular weight excluding hydrogens is 294 g/mol. The summed E-state index contributed by atoms with van der Waals surface area (Å²) in [6.45, 7) is 2.65. The van der Waals surface area contributed by atoms with Gasteiger partial charge >= 0.3 is 0 Å². The van der Waals surface area contributed by atoms with E-state index < -0.39 is 4.92 Å². The number of allylic oxidation sites excluding steroid dienone is 1. The van der Waals surface area contributed by atoms with Gasteiger partial charge in [-0.25, -0.2) is 0 Å². The molecule has 2 aromatic carbocycles. The number of benzene rings is 2. The Hall–Kier alpha value is -2.95. The molecule has 118 valence electrons. The molecule has 0 aliphatic carbocycles. The Labute approximate surface area is 134 Å². The predicted octanol–water partition coefficient (Wildman–Crippen LogP) is 4.28. The van der Waals surface area contributed by atoms with Crippen molar-refractivity contribution >= 4 is 17.5 Å². The molecule has 0 amide bonds. The van der Waals surface area contributed by atoms with E-state index >= 15 is 0 Å². The third-order valence-electron chi connectivity index (χ3n) is 3.16. The van der Waals surface area contributed by atoms with Gasteiger partial charge in [-0.05, 0) is 48.9 Å². The number of hydrogen-bond acceptors (Lipinski definition) is 4. The molecule has 5 heteroatoms. The third-order valence-corrected chi connectivity index (χ3v) is 3.16. The van der Waals surface area contributed by atoms with Crippen molar-refractivity contribution in [2.45, 2.75) is 13.3 Å². The maximum Gasteiger partial charge on any atom is 0.276 e. The minimum atomic E-state index is -0.468. The van der Waals surface area contributed by atoms with E-state index in [4.69, 9.17) is 4.74 Å². The van der Waals surface area contributed by atoms with Crippen LogP contribution in [-0.4, -0.2) is 17.3 Å². The average molecular weight is 311 g/mol. The highest BCUT2D eigenvalue weighted by molar-refractivity contribution is 6.07. The van der Waals surface area contributed by atoms with Gasteiger partial charge in [0, 0.05) is 11.6 Å². The van der Waals surface area contributed by atoms with Crippen LogP contribution >= 0.6 is 0 Å². The lowest BCUT2D eigenvalue weighted by atomic mass is 10.1. The Morgan fingerprint density at radius 2 is 1.87 bits per heavy atom. The number of nitro groups is 1. The van der Waals surface area contributed by atoms with Crippen molar-refractivity contribution in [1.82, 2.24) is 0 Å². The van der Waals surface area contributed by atoms with E-state index in [-0.39, 0.29) is 11.5 Å². The van der Waals surface area contributed by atoms with Crippen LogP contribution in [0, 0.1) is 10.1 Å². The van der Waals surface area contributed by atoms with Gasteiger partial charge in [-0.1, -0.05) is 19.1 Å². The molecule has 0 spiro atoms. The topological polar surface area (TPSA) is 69.4 Å². The van der Waals surface area contributed by atoms with E-state index in [2.05, 4.69) is 0 Å². The summed E-state index contributed by atoms with van der Waals surface area (Å²) in [5.41, 5.74) is 0.872. The van der Waals surface area contributed by atoms with Crippen LogP contribution in [0.25, 0.3) is 6.08 Å². The van der Waals surface area contributed by atoms with Gasteiger partial charge in [0.1, 0.15) is 5.75 Å². The fourth-order valence-electron chi connectivity index (χ4n) is 1.99. The zero-order chi connectivity index (χ0) is 16.7. The number of carbonyl (C=O) groups is 1. The molecule has 23 heavy (non-hydrogen) atoms. The first-order valence-electron chi connectivity index (χ1n) is 7.30. The van der Waals surface area contributed by atoms with Crippen LogP contribution in [0.3, 0.4) is 0 Å². The van der Waals surface area contributed by atoms with Crippen LogP contribution in [0.15, 0.2) is 54.6 Å². The Kier molecular flexibility index (Phi) is 5.63. The average Bonchev–Trinajstić information content (AvgIpc) is 2.58. The van der Waals surface area contributed by atoms with E-state index in [0.29, 0.717) is 23.5 Å². The van der Waals surface area contributed by atoms with Gasteiger partial charge in [0.25, 0.3) is 5.69 Å². The van der Waals surface area contributed by atoms with Gasteiger partial charge in [0.2, 0.25) is 0 Å². The molecule has 0 saturated heterocycles. The Morgan fingerprint density at radius 3 is 2.52 bits per heavy atom. The highest BCUT2D eigenvalue weighted by Gasteiger charge is 2.10. The van der Waals surface area contributed by atoms with Crippen LogP contribution in [0.5, 0.6) is 5.75 Å². The summed E-state index contributed by atoms with van der Waals surface area (Å²) in [6.07, 6.45) is 3.71. The summed E-state index contributed by atoms with van der Waals surface area (Å²) in [5.74, 6) is 0.497. The number of para-hydroxylation sites is 1. The Morgan fingerprint density at radius 1 is 1.17 bits per heavy atom. The maximum absolute atomic E-state index is 12.1. The third kappa shape index (κ3) is 4.51. The fourth-order valence-corrected chi connectivity index (χ4v) is 1.99. The smallest absolute Gasteiger partial charge is 0.276 e. The van der Waals surface area contributed by atoms with Gasteiger partial charge in [-0.3, -0.25) is 14.9 Å². The summed E-state index contributed by atoms with van der Waals surface area (Å²) >= 11 is 0. The standard InChI is InChI=1S/C18H17NO4/c1-2-13-23-16-10-7-15(8-11-16)18(20)12-9-14-5-3-4-6-17(14)19(21)22/h3-12H,2,13H2,1H3/b12-9+. The van der Waals surface area contributed by atoms with Gasteiger partial charge < -0.3 is 4.74 Å². The number of nitro benzene ring substituents is 1. The molecule has 0 saturated carbocycles. The van der Waals surface area contributed by atoms with Gasteiger partial charge in [-0.2, -0.15) is 0 Å². The summed E-state index contributed by atoms with van der Waals surface area (Å²) in [4.78, 5) is 22.6. The minimum Gasteiger partial charge on any atom is -0.494 e. The zero-order valence-corrected chi connectivity index (χ0v) is 12.8. The molecule has 0 N–H and O–H groups in total. The largest absolute Gasteiger partial charge is 0.494 e. The minimum absolute atomic E-state index is 0.0279. The molecular formula is C18H17NO4.